The van der Waals surface area contributed by atoms with Crippen LogP contribution in [0.25, 0.3) is 11.3 Å². The maximum Gasteiger partial charge on any atom is 0.230 e. The van der Waals surface area contributed by atoms with Crippen LogP contribution in [0.1, 0.15) is 38.2 Å². The van der Waals surface area contributed by atoms with Gasteiger partial charge >= 0.3 is 0 Å². The molecule has 23 heavy (non-hydrogen) atoms. The predicted molar refractivity (Wildman–Crippen MR) is 98.7 cm³/mol. The second-order valence-corrected chi connectivity index (χ2v) is 7.83. The summed E-state index contributed by atoms with van der Waals surface area (Å²) in [7, 11) is 0. The number of rotatable bonds is 8. The SMILES string of the molecule is CC(C)CCSCC(=O)N[C@H](C)c1nc(-c2cccnc2)cs1. The quantitative estimate of drug-likeness (QED) is 0.727. The molecule has 0 unspecified atom stereocenters. The molecule has 2 rings (SSSR count). The molecule has 0 saturated heterocycles. The summed E-state index contributed by atoms with van der Waals surface area (Å²) >= 11 is 3.26. The van der Waals surface area contributed by atoms with Gasteiger partial charge in [-0.2, -0.15) is 11.8 Å². The van der Waals surface area contributed by atoms with Gasteiger partial charge in [-0.05, 0) is 37.1 Å². The van der Waals surface area contributed by atoms with Crippen LogP contribution in [0.4, 0.5) is 0 Å². The highest BCUT2D eigenvalue weighted by Gasteiger charge is 2.14. The van der Waals surface area contributed by atoms with Crippen LogP contribution in [0.5, 0.6) is 0 Å². The number of hydrogen-bond acceptors (Lipinski definition) is 5. The van der Waals surface area contributed by atoms with Crippen LogP contribution in [0.2, 0.25) is 0 Å². The van der Waals surface area contributed by atoms with Crippen molar-refractivity contribution in [3.63, 3.8) is 0 Å². The van der Waals surface area contributed by atoms with E-state index >= 15 is 0 Å². The topological polar surface area (TPSA) is 54.9 Å². The molecule has 1 N–H and O–H groups in total. The fourth-order valence-corrected chi connectivity index (χ4v) is 3.85. The summed E-state index contributed by atoms with van der Waals surface area (Å²) in [5.74, 6) is 2.30. The molecule has 1 amide bonds. The number of carbonyl (C=O) groups is 1. The van der Waals surface area contributed by atoms with Crippen LogP contribution in [0.15, 0.2) is 29.9 Å². The lowest BCUT2D eigenvalue weighted by Gasteiger charge is -2.11. The monoisotopic (exact) mass is 349 g/mol. The Balaban J connectivity index is 1.83. The molecular formula is C17H23N3OS2. The van der Waals surface area contributed by atoms with Gasteiger partial charge in [-0.25, -0.2) is 4.98 Å². The van der Waals surface area contributed by atoms with Gasteiger partial charge in [0.15, 0.2) is 0 Å². The standard InChI is InChI=1S/C17H23N3OS2/c1-12(2)6-8-22-11-16(21)19-13(3)17-20-15(10-23-17)14-5-4-7-18-9-14/h4-5,7,9-10,12-13H,6,8,11H2,1-3H3,(H,19,21)/t13-/m1/s1. The number of nitrogens with zero attached hydrogens (tertiary/aromatic N) is 2. The summed E-state index contributed by atoms with van der Waals surface area (Å²) in [5, 5.41) is 5.95. The molecular weight excluding hydrogens is 326 g/mol. The first kappa shape index (κ1) is 17.9. The van der Waals surface area contributed by atoms with Gasteiger partial charge in [0.1, 0.15) is 5.01 Å². The van der Waals surface area contributed by atoms with E-state index in [4.69, 9.17) is 0 Å². The number of amides is 1. The second kappa shape index (κ2) is 9.03. The highest BCUT2D eigenvalue weighted by Crippen LogP contribution is 2.24. The largest absolute Gasteiger partial charge is 0.346 e. The molecule has 0 aliphatic rings. The molecule has 0 spiro atoms. The van der Waals surface area contributed by atoms with Gasteiger partial charge in [0, 0.05) is 23.3 Å². The van der Waals surface area contributed by atoms with Crippen molar-refractivity contribution in [2.45, 2.75) is 33.2 Å². The molecule has 1 atom stereocenters. The molecule has 124 valence electrons. The zero-order chi connectivity index (χ0) is 16.7. The molecule has 4 nitrogen and oxygen atoms in total. The number of nitrogens with one attached hydrogen (secondary N) is 1. The smallest absolute Gasteiger partial charge is 0.230 e. The van der Waals surface area contributed by atoms with Crippen LogP contribution in [-0.2, 0) is 4.79 Å². The Morgan fingerprint density at radius 3 is 2.91 bits per heavy atom. The lowest BCUT2D eigenvalue weighted by molar-refractivity contribution is -0.119. The third-order valence-electron chi connectivity index (χ3n) is 3.30. The van der Waals surface area contributed by atoms with Crippen LogP contribution in [-0.4, -0.2) is 27.4 Å². The van der Waals surface area contributed by atoms with E-state index in [-0.39, 0.29) is 11.9 Å². The Labute approximate surface area is 146 Å². The molecule has 0 bridgehead atoms. The first-order valence-corrected chi connectivity index (χ1v) is 9.82. The van der Waals surface area contributed by atoms with Crippen LogP contribution in [0, 0.1) is 5.92 Å². The number of hydrogen-bond donors (Lipinski definition) is 1. The Hall–Kier alpha value is -1.40. The van der Waals surface area contributed by atoms with Gasteiger partial charge in [-0.3, -0.25) is 9.78 Å². The van der Waals surface area contributed by atoms with Crippen LogP contribution < -0.4 is 5.32 Å². The van der Waals surface area contributed by atoms with E-state index in [9.17, 15) is 4.79 Å². The van der Waals surface area contributed by atoms with Crippen molar-refractivity contribution in [1.82, 2.24) is 15.3 Å². The third kappa shape index (κ3) is 5.95. The van der Waals surface area contributed by atoms with Crippen molar-refractivity contribution in [3.8, 4) is 11.3 Å². The fraction of sp³-hybridized carbons (Fsp3) is 0.471. The Kier molecular flexibility index (Phi) is 7.05. The highest BCUT2D eigenvalue weighted by atomic mass is 32.2. The molecule has 6 heteroatoms. The van der Waals surface area contributed by atoms with Gasteiger partial charge in [-0.1, -0.05) is 13.8 Å². The van der Waals surface area contributed by atoms with E-state index in [1.54, 1.807) is 35.5 Å². The predicted octanol–water partition coefficient (Wildman–Crippen LogP) is 4.16. The fourth-order valence-electron chi connectivity index (χ4n) is 1.96. The molecule has 0 radical (unpaired) electrons. The summed E-state index contributed by atoms with van der Waals surface area (Å²) in [6, 6.07) is 3.82. The molecule has 0 aliphatic carbocycles. The van der Waals surface area contributed by atoms with Gasteiger partial charge in [0.25, 0.3) is 0 Å². The van der Waals surface area contributed by atoms with E-state index in [0.29, 0.717) is 11.7 Å². The third-order valence-corrected chi connectivity index (χ3v) is 5.32. The molecule has 0 aliphatic heterocycles. The van der Waals surface area contributed by atoms with Crippen molar-refractivity contribution >= 4 is 29.0 Å². The maximum atomic E-state index is 12.0. The summed E-state index contributed by atoms with van der Waals surface area (Å²) < 4.78 is 0. The average molecular weight is 350 g/mol. The Morgan fingerprint density at radius 1 is 1.39 bits per heavy atom. The first-order chi connectivity index (χ1) is 11.1. The molecule has 0 fully saturated rings. The van der Waals surface area contributed by atoms with E-state index < -0.39 is 0 Å². The van der Waals surface area contributed by atoms with Crippen LogP contribution in [0.3, 0.4) is 0 Å². The number of thiazole rings is 1. The average Bonchev–Trinajstić information content (AvgIpc) is 3.02. The van der Waals surface area contributed by atoms with Crippen LogP contribution >= 0.6 is 23.1 Å². The van der Waals surface area contributed by atoms with Crippen molar-refractivity contribution in [2.75, 3.05) is 11.5 Å². The van der Waals surface area contributed by atoms with E-state index in [1.165, 1.54) is 0 Å². The van der Waals surface area contributed by atoms with E-state index in [1.807, 2.05) is 24.4 Å². The Morgan fingerprint density at radius 2 is 2.22 bits per heavy atom. The van der Waals surface area contributed by atoms with Gasteiger partial charge < -0.3 is 5.32 Å². The van der Waals surface area contributed by atoms with Gasteiger partial charge in [0.2, 0.25) is 5.91 Å². The molecule has 2 aromatic rings. The second-order valence-electron chi connectivity index (χ2n) is 5.84. The number of aromatic nitrogens is 2. The molecule has 2 heterocycles. The number of carbonyl (C=O) groups excluding carboxylic acids is 1. The summed E-state index contributed by atoms with van der Waals surface area (Å²) in [6.45, 7) is 6.37. The van der Waals surface area contributed by atoms with Crippen molar-refractivity contribution in [3.05, 3.63) is 34.9 Å². The van der Waals surface area contributed by atoms with E-state index in [2.05, 4.69) is 29.1 Å². The van der Waals surface area contributed by atoms with Crippen molar-refractivity contribution < 1.29 is 4.79 Å². The highest BCUT2D eigenvalue weighted by molar-refractivity contribution is 7.99. The molecule has 0 aromatic carbocycles. The van der Waals surface area contributed by atoms with Gasteiger partial charge in [-0.15, -0.1) is 11.3 Å². The number of pyridine rings is 1. The zero-order valence-electron chi connectivity index (χ0n) is 13.8. The minimum Gasteiger partial charge on any atom is -0.346 e. The summed E-state index contributed by atoms with van der Waals surface area (Å²) in [6.07, 6.45) is 4.69. The van der Waals surface area contributed by atoms with Crippen molar-refractivity contribution in [2.24, 2.45) is 5.92 Å². The lowest BCUT2D eigenvalue weighted by atomic mass is 10.2. The maximum absolute atomic E-state index is 12.0. The minimum atomic E-state index is -0.0661. The minimum absolute atomic E-state index is 0.0661. The molecule has 2 aromatic heterocycles. The molecule has 0 saturated carbocycles. The normalized spacial score (nSPS) is 12.3. The Bertz CT molecular complexity index is 613. The van der Waals surface area contributed by atoms with Gasteiger partial charge in [0.05, 0.1) is 17.5 Å². The number of thioether (sulfide) groups is 1. The van der Waals surface area contributed by atoms with E-state index in [0.717, 1.165) is 28.4 Å². The first-order valence-electron chi connectivity index (χ1n) is 7.79. The summed E-state index contributed by atoms with van der Waals surface area (Å²) in [5.41, 5.74) is 1.91. The van der Waals surface area contributed by atoms with Crippen molar-refractivity contribution in [1.29, 1.82) is 0 Å². The zero-order valence-corrected chi connectivity index (χ0v) is 15.4. The lowest BCUT2D eigenvalue weighted by Crippen LogP contribution is -2.28. The summed E-state index contributed by atoms with van der Waals surface area (Å²) in [4.78, 5) is 20.7.